The van der Waals surface area contributed by atoms with Crippen LogP contribution in [0.1, 0.15) is 26.3 Å². The number of hydrogen-bond donors (Lipinski definition) is 1. The maximum atomic E-state index is 12.7. The van der Waals surface area contributed by atoms with Crippen molar-refractivity contribution in [3.63, 3.8) is 0 Å². The Morgan fingerprint density at radius 2 is 1.69 bits per heavy atom. The average molecular weight is 431 g/mol. The summed E-state index contributed by atoms with van der Waals surface area (Å²) in [7, 11) is 0. The molecule has 3 aromatic carbocycles. The van der Waals surface area contributed by atoms with Gasteiger partial charge in [-0.3, -0.25) is 14.5 Å². The first-order valence-electron chi connectivity index (χ1n) is 10.5. The minimum absolute atomic E-state index is 0.0432. The van der Waals surface area contributed by atoms with E-state index < -0.39 is 0 Å². The number of nitrogens with one attached hydrogen (secondary N) is 1. The fraction of sp³-hybridized carbons (Fsp3) is 0.231. The van der Waals surface area contributed by atoms with Crippen LogP contribution in [0.4, 0.5) is 11.4 Å². The summed E-state index contributed by atoms with van der Waals surface area (Å²) in [6.45, 7) is 6.17. The standard InChI is InChI=1S/C26H26N2O4/c1-26(2,3)18-9-14-22-23(15-18)31-17-25(30)28(22)16-24(29)27-19-10-12-21(13-11-19)32-20-7-5-4-6-8-20/h4-15H,16-17H2,1-3H3,(H,27,29). The summed E-state index contributed by atoms with van der Waals surface area (Å²) in [5.41, 5.74) is 2.29. The van der Waals surface area contributed by atoms with Crippen molar-refractivity contribution >= 4 is 23.2 Å². The highest BCUT2D eigenvalue weighted by Crippen LogP contribution is 2.36. The highest BCUT2D eigenvalue weighted by molar-refractivity contribution is 6.05. The van der Waals surface area contributed by atoms with Gasteiger partial charge in [0.1, 0.15) is 23.8 Å². The van der Waals surface area contributed by atoms with E-state index in [2.05, 4.69) is 26.1 Å². The molecule has 0 saturated carbocycles. The molecule has 32 heavy (non-hydrogen) atoms. The first kappa shape index (κ1) is 21.4. The van der Waals surface area contributed by atoms with E-state index in [4.69, 9.17) is 9.47 Å². The molecule has 1 aliphatic rings. The van der Waals surface area contributed by atoms with E-state index in [-0.39, 0.29) is 30.4 Å². The maximum Gasteiger partial charge on any atom is 0.265 e. The molecule has 1 heterocycles. The van der Waals surface area contributed by atoms with Crippen LogP contribution in [0.5, 0.6) is 17.2 Å². The number of para-hydroxylation sites is 1. The van der Waals surface area contributed by atoms with Gasteiger partial charge in [0.15, 0.2) is 6.61 Å². The summed E-state index contributed by atoms with van der Waals surface area (Å²) in [6, 6.07) is 22.3. The normalized spacial score (nSPS) is 13.2. The summed E-state index contributed by atoms with van der Waals surface area (Å²) in [5, 5.41) is 2.84. The van der Waals surface area contributed by atoms with Crippen LogP contribution in [-0.2, 0) is 15.0 Å². The Labute approximate surface area is 187 Å². The smallest absolute Gasteiger partial charge is 0.265 e. The monoisotopic (exact) mass is 430 g/mol. The van der Waals surface area contributed by atoms with Crippen molar-refractivity contribution in [2.24, 2.45) is 0 Å². The minimum Gasteiger partial charge on any atom is -0.482 e. The van der Waals surface area contributed by atoms with Gasteiger partial charge in [-0.15, -0.1) is 0 Å². The molecule has 0 unspecified atom stereocenters. The van der Waals surface area contributed by atoms with Crippen LogP contribution in [0, 0.1) is 0 Å². The number of carbonyl (C=O) groups is 2. The van der Waals surface area contributed by atoms with Crippen molar-refractivity contribution in [2.45, 2.75) is 26.2 Å². The van der Waals surface area contributed by atoms with E-state index in [0.29, 0.717) is 22.9 Å². The molecule has 0 aromatic heterocycles. The van der Waals surface area contributed by atoms with Crippen LogP contribution in [0.2, 0.25) is 0 Å². The molecule has 1 N–H and O–H groups in total. The summed E-state index contributed by atoms with van der Waals surface area (Å²) in [5.74, 6) is 1.49. The Balaban J connectivity index is 1.42. The lowest BCUT2D eigenvalue weighted by Crippen LogP contribution is -2.43. The third-order valence-electron chi connectivity index (χ3n) is 5.19. The zero-order valence-corrected chi connectivity index (χ0v) is 18.4. The molecule has 1 aliphatic heterocycles. The van der Waals surface area contributed by atoms with Crippen molar-refractivity contribution in [3.8, 4) is 17.2 Å². The molecule has 0 spiro atoms. The minimum atomic E-state index is -0.289. The molecule has 0 aliphatic carbocycles. The number of fused-ring (bicyclic) bond motifs is 1. The maximum absolute atomic E-state index is 12.7. The van der Waals surface area contributed by atoms with E-state index in [0.717, 1.165) is 11.3 Å². The molecule has 0 atom stereocenters. The molecule has 3 aromatic rings. The largest absolute Gasteiger partial charge is 0.482 e. The molecule has 164 valence electrons. The zero-order valence-electron chi connectivity index (χ0n) is 18.4. The Morgan fingerprint density at radius 3 is 2.38 bits per heavy atom. The molecule has 6 heteroatoms. The van der Waals surface area contributed by atoms with Gasteiger partial charge >= 0.3 is 0 Å². The lowest BCUT2D eigenvalue weighted by atomic mass is 9.86. The number of rotatable bonds is 5. The third kappa shape index (κ3) is 4.91. The number of ether oxygens (including phenoxy) is 2. The van der Waals surface area contributed by atoms with Crippen molar-refractivity contribution in [1.29, 1.82) is 0 Å². The molecule has 0 bridgehead atoms. The van der Waals surface area contributed by atoms with Crippen LogP contribution in [0.25, 0.3) is 0 Å². The van der Waals surface area contributed by atoms with Gasteiger partial charge in [0, 0.05) is 5.69 Å². The van der Waals surface area contributed by atoms with E-state index in [1.165, 1.54) is 4.90 Å². The van der Waals surface area contributed by atoms with Crippen molar-refractivity contribution in [2.75, 3.05) is 23.4 Å². The second kappa shape index (κ2) is 8.75. The highest BCUT2D eigenvalue weighted by atomic mass is 16.5. The summed E-state index contributed by atoms with van der Waals surface area (Å²) >= 11 is 0. The predicted molar refractivity (Wildman–Crippen MR) is 125 cm³/mol. The van der Waals surface area contributed by atoms with Gasteiger partial charge < -0.3 is 14.8 Å². The Kier molecular flexibility index (Phi) is 5.86. The molecular formula is C26H26N2O4. The Morgan fingerprint density at radius 1 is 1.00 bits per heavy atom. The summed E-state index contributed by atoms with van der Waals surface area (Å²) < 4.78 is 11.4. The summed E-state index contributed by atoms with van der Waals surface area (Å²) in [6.07, 6.45) is 0. The first-order chi connectivity index (χ1) is 15.3. The van der Waals surface area contributed by atoms with E-state index in [1.807, 2.05) is 48.5 Å². The second-order valence-electron chi connectivity index (χ2n) is 8.69. The fourth-order valence-corrected chi connectivity index (χ4v) is 3.42. The van der Waals surface area contributed by atoms with Crippen LogP contribution in [0.3, 0.4) is 0 Å². The molecule has 0 fully saturated rings. The number of hydrogen-bond acceptors (Lipinski definition) is 4. The second-order valence-corrected chi connectivity index (χ2v) is 8.69. The number of amides is 2. The SMILES string of the molecule is CC(C)(C)c1ccc2c(c1)OCC(=O)N2CC(=O)Nc1ccc(Oc2ccccc2)cc1. The van der Waals surface area contributed by atoms with E-state index in [1.54, 1.807) is 24.3 Å². The lowest BCUT2D eigenvalue weighted by Gasteiger charge is -2.30. The third-order valence-corrected chi connectivity index (χ3v) is 5.19. The zero-order chi connectivity index (χ0) is 22.7. The van der Waals surface area contributed by atoms with Gasteiger partial charge in [0.25, 0.3) is 5.91 Å². The van der Waals surface area contributed by atoms with Gasteiger partial charge in [-0.25, -0.2) is 0 Å². The molecule has 0 radical (unpaired) electrons. The lowest BCUT2D eigenvalue weighted by molar-refractivity contribution is -0.123. The van der Waals surface area contributed by atoms with E-state index >= 15 is 0 Å². The van der Waals surface area contributed by atoms with Gasteiger partial charge in [-0.1, -0.05) is 45.0 Å². The van der Waals surface area contributed by atoms with Crippen molar-refractivity contribution in [1.82, 2.24) is 0 Å². The first-order valence-corrected chi connectivity index (χ1v) is 10.5. The quantitative estimate of drug-likeness (QED) is 0.609. The molecule has 6 nitrogen and oxygen atoms in total. The van der Waals surface area contributed by atoms with Gasteiger partial charge in [0.2, 0.25) is 5.91 Å². The number of carbonyl (C=O) groups excluding carboxylic acids is 2. The predicted octanol–water partition coefficient (Wildman–Crippen LogP) is 5.14. The van der Waals surface area contributed by atoms with Crippen molar-refractivity contribution in [3.05, 3.63) is 78.4 Å². The number of anilines is 2. The summed E-state index contributed by atoms with van der Waals surface area (Å²) in [4.78, 5) is 26.6. The molecular weight excluding hydrogens is 404 g/mol. The van der Waals surface area contributed by atoms with Gasteiger partial charge in [0.05, 0.1) is 5.69 Å². The van der Waals surface area contributed by atoms with Crippen LogP contribution >= 0.6 is 0 Å². The van der Waals surface area contributed by atoms with E-state index in [9.17, 15) is 9.59 Å². The molecule has 0 saturated heterocycles. The van der Waals surface area contributed by atoms with Crippen LogP contribution < -0.4 is 19.7 Å². The highest BCUT2D eigenvalue weighted by Gasteiger charge is 2.28. The average Bonchev–Trinajstić information content (AvgIpc) is 2.77. The Hall–Kier alpha value is -3.80. The van der Waals surface area contributed by atoms with Gasteiger partial charge in [-0.05, 0) is 59.5 Å². The van der Waals surface area contributed by atoms with Crippen LogP contribution in [-0.4, -0.2) is 25.0 Å². The molecule has 4 rings (SSSR count). The topological polar surface area (TPSA) is 67.9 Å². The van der Waals surface area contributed by atoms with Crippen LogP contribution in [0.15, 0.2) is 72.8 Å². The van der Waals surface area contributed by atoms with Gasteiger partial charge in [-0.2, -0.15) is 0 Å². The fourth-order valence-electron chi connectivity index (χ4n) is 3.42. The number of nitrogens with zero attached hydrogens (tertiary/aromatic N) is 1. The van der Waals surface area contributed by atoms with Crippen molar-refractivity contribution < 1.29 is 19.1 Å². The Bertz CT molecular complexity index is 1120. The molecule has 2 amide bonds. The number of benzene rings is 3.